The van der Waals surface area contributed by atoms with E-state index in [1.807, 2.05) is 0 Å². The van der Waals surface area contributed by atoms with E-state index in [9.17, 15) is 30.2 Å². The number of aliphatic hydroxyl groups excluding tert-OH is 2. The molecular formula is C10H9N3O6. The zero-order chi connectivity index (χ0) is 14.7. The number of hydrogen-bond acceptors (Lipinski definition) is 7. The van der Waals surface area contributed by atoms with Crippen LogP contribution in [0.15, 0.2) is 12.1 Å². The van der Waals surface area contributed by atoms with Gasteiger partial charge in [-0.25, -0.2) is 0 Å². The Morgan fingerprint density at radius 3 is 2.47 bits per heavy atom. The predicted molar refractivity (Wildman–Crippen MR) is 59.6 cm³/mol. The third-order valence-corrected chi connectivity index (χ3v) is 2.35. The molecule has 1 amide bonds. The lowest BCUT2D eigenvalue weighted by Gasteiger charge is -2.16. The number of phenols is 1. The highest BCUT2D eigenvalue weighted by molar-refractivity contribution is 5.79. The summed E-state index contributed by atoms with van der Waals surface area (Å²) in [6, 6.07) is 3.30. The first-order chi connectivity index (χ1) is 8.79. The van der Waals surface area contributed by atoms with E-state index < -0.39 is 40.0 Å². The number of nitrogens with two attached hydrogens (primary N) is 1. The molecule has 5 N–H and O–H groups in total. The van der Waals surface area contributed by atoms with E-state index >= 15 is 0 Å². The minimum atomic E-state index is -2.07. The quantitative estimate of drug-likeness (QED) is 0.402. The van der Waals surface area contributed by atoms with Gasteiger partial charge < -0.3 is 21.1 Å². The third-order valence-electron chi connectivity index (χ3n) is 2.35. The number of primary amides is 1. The van der Waals surface area contributed by atoms with Gasteiger partial charge in [0.2, 0.25) is 5.91 Å². The summed E-state index contributed by atoms with van der Waals surface area (Å²) in [5.74, 6) is -2.23. The highest BCUT2D eigenvalue weighted by Crippen LogP contribution is 2.35. The van der Waals surface area contributed by atoms with Crippen LogP contribution in [-0.2, 0) is 4.79 Å². The number of benzene rings is 1. The molecule has 0 aliphatic rings. The molecule has 0 spiro atoms. The molecule has 9 heteroatoms. The highest BCUT2D eigenvalue weighted by Gasteiger charge is 2.30. The predicted octanol–water partition coefficient (Wildman–Crippen LogP) is -0.948. The Bertz CT molecular complexity index is 579. The number of carbonyl (C=O) groups is 1. The third kappa shape index (κ3) is 2.76. The van der Waals surface area contributed by atoms with Crippen LogP contribution in [0.3, 0.4) is 0 Å². The van der Waals surface area contributed by atoms with Gasteiger partial charge in [-0.1, -0.05) is 0 Å². The van der Waals surface area contributed by atoms with Crippen molar-refractivity contribution < 1.29 is 25.0 Å². The fourth-order valence-electron chi connectivity index (χ4n) is 1.40. The van der Waals surface area contributed by atoms with Crippen LogP contribution in [0, 0.1) is 21.4 Å². The Hall–Kier alpha value is -2.70. The van der Waals surface area contributed by atoms with Crippen LogP contribution >= 0.6 is 0 Å². The van der Waals surface area contributed by atoms with E-state index in [-0.39, 0.29) is 5.56 Å². The second-order valence-electron chi connectivity index (χ2n) is 3.59. The first-order valence-corrected chi connectivity index (χ1v) is 4.86. The molecule has 0 fully saturated rings. The Balaban J connectivity index is 3.43. The molecular weight excluding hydrogens is 258 g/mol. The number of amides is 1. The van der Waals surface area contributed by atoms with Crippen molar-refractivity contribution in [2.75, 3.05) is 0 Å². The number of aliphatic hydroxyl groups is 2. The number of rotatable bonds is 4. The average Bonchev–Trinajstić information content (AvgIpc) is 2.36. The molecule has 0 bridgehead atoms. The van der Waals surface area contributed by atoms with Gasteiger partial charge in [-0.05, 0) is 6.07 Å². The summed E-state index contributed by atoms with van der Waals surface area (Å²) in [5.41, 5.74) is 3.18. The normalized spacial score (nSPS) is 13.3. The molecule has 2 atom stereocenters. The van der Waals surface area contributed by atoms with Gasteiger partial charge in [0.15, 0.2) is 11.9 Å². The van der Waals surface area contributed by atoms with Crippen molar-refractivity contribution in [3.63, 3.8) is 0 Å². The van der Waals surface area contributed by atoms with Crippen molar-refractivity contribution >= 4 is 11.6 Å². The van der Waals surface area contributed by atoms with Gasteiger partial charge in [-0.3, -0.25) is 14.9 Å². The number of phenolic OH excluding ortho intramolecular Hbond substituents is 1. The average molecular weight is 267 g/mol. The molecule has 2 unspecified atom stereocenters. The lowest BCUT2D eigenvalue weighted by atomic mass is 9.99. The fraction of sp³-hybridized carbons (Fsp3) is 0.200. The maximum atomic E-state index is 10.7. The molecule has 1 rings (SSSR count). The summed E-state index contributed by atoms with van der Waals surface area (Å²) >= 11 is 0. The first-order valence-electron chi connectivity index (χ1n) is 4.86. The van der Waals surface area contributed by atoms with E-state index in [2.05, 4.69) is 0 Å². The maximum Gasteiger partial charge on any atom is 0.312 e. The molecule has 0 heterocycles. The standard InChI is InChI=1S/C10H9N3O6/c11-3-4-1-5(8(15)9(16)10(12)17)7(14)6(2-4)13(18)19/h1-2,8-9,14-16H,(H2,12,17). The molecule has 0 radical (unpaired) electrons. The van der Waals surface area contributed by atoms with E-state index in [0.29, 0.717) is 0 Å². The Morgan fingerprint density at radius 2 is 2.05 bits per heavy atom. The molecule has 1 aromatic rings. The Labute approximate surface area is 106 Å². The van der Waals surface area contributed by atoms with Gasteiger partial charge in [0.25, 0.3) is 0 Å². The summed E-state index contributed by atoms with van der Waals surface area (Å²) in [6.07, 6.45) is -4.05. The van der Waals surface area contributed by atoms with Gasteiger partial charge in [-0.2, -0.15) is 5.26 Å². The molecule has 9 nitrogen and oxygen atoms in total. The second-order valence-corrected chi connectivity index (χ2v) is 3.59. The Kier molecular flexibility index (Phi) is 4.00. The van der Waals surface area contributed by atoms with Crippen LogP contribution in [-0.4, -0.2) is 32.3 Å². The molecule has 0 saturated carbocycles. The van der Waals surface area contributed by atoms with Crippen molar-refractivity contribution in [3.05, 3.63) is 33.4 Å². The number of nitrogens with zero attached hydrogens (tertiary/aromatic N) is 2. The minimum absolute atomic E-state index is 0.227. The zero-order valence-corrected chi connectivity index (χ0v) is 9.35. The maximum absolute atomic E-state index is 10.7. The summed E-state index contributed by atoms with van der Waals surface area (Å²) in [6.45, 7) is 0. The number of nitro groups is 1. The van der Waals surface area contributed by atoms with Crippen molar-refractivity contribution in [3.8, 4) is 11.8 Å². The molecule has 19 heavy (non-hydrogen) atoms. The van der Waals surface area contributed by atoms with Crippen molar-refractivity contribution in [2.45, 2.75) is 12.2 Å². The second kappa shape index (κ2) is 5.30. The molecule has 1 aromatic carbocycles. The van der Waals surface area contributed by atoms with E-state index in [1.54, 1.807) is 6.07 Å². The summed E-state index contributed by atoms with van der Waals surface area (Å²) < 4.78 is 0. The minimum Gasteiger partial charge on any atom is -0.502 e. The lowest BCUT2D eigenvalue weighted by Crippen LogP contribution is -2.34. The molecule has 0 saturated heterocycles. The van der Waals surface area contributed by atoms with Crippen LogP contribution in [0.2, 0.25) is 0 Å². The molecule has 0 aromatic heterocycles. The zero-order valence-electron chi connectivity index (χ0n) is 9.35. The topological polar surface area (TPSA) is 171 Å². The van der Waals surface area contributed by atoms with Gasteiger partial charge in [0, 0.05) is 11.6 Å². The van der Waals surface area contributed by atoms with Crippen LogP contribution in [0.4, 0.5) is 5.69 Å². The summed E-state index contributed by atoms with van der Waals surface area (Å²) in [4.78, 5) is 20.4. The SMILES string of the molecule is N#Cc1cc(C(O)C(O)C(N)=O)c(O)c([N+](=O)[O-])c1. The molecule has 100 valence electrons. The van der Waals surface area contributed by atoms with Gasteiger partial charge in [0.05, 0.1) is 16.6 Å². The number of carbonyl (C=O) groups excluding carboxylic acids is 1. The van der Waals surface area contributed by atoms with Gasteiger partial charge in [0.1, 0.15) is 6.10 Å². The van der Waals surface area contributed by atoms with Crippen LogP contribution in [0.5, 0.6) is 5.75 Å². The monoisotopic (exact) mass is 267 g/mol. The van der Waals surface area contributed by atoms with Crippen LogP contribution in [0.25, 0.3) is 0 Å². The smallest absolute Gasteiger partial charge is 0.312 e. The van der Waals surface area contributed by atoms with Crippen LogP contribution < -0.4 is 5.73 Å². The van der Waals surface area contributed by atoms with E-state index in [1.165, 1.54) is 0 Å². The Morgan fingerprint density at radius 1 is 1.47 bits per heavy atom. The summed E-state index contributed by atoms with van der Waals surface area (Å²) in [5, 5.41) is 47.9. The summed E-state index contributed by atoms with van der Waals surface area (Å²) in [7, 11) is 0. The highest BCUT2D eigenvalue weighted by atomic mass is 16.6. The first kappa shape index (κ1) is 14.4. The van der Waals surface area contributed by atoms with Crippen molar-refractivity contribution in [1.82, 2.24) is 0 Å². The van der Waals surface area contributed by atoms with Crippen molar-refractivity contribution in [2.24, 2.45) is 5.73 Å². The molecule has 0 aliphatic heterocycles. The molecule has 0 aliphatic carbocycles. The van der Waals surface area contributed by atoms with Crippen molar-refractivity contribution in [1.29, 1.82) is 5.26 Å². The van der Waals surface area contributed by atoms with E-state index in [0.717, 1.165) is 12.1 Å². The van der Waals surface area contributed by atoms with Gasteiger partial charge >= 0.3 is 5.69 Å². The fourth-order valence-corrected chi connectivity index (χ4v) is 1.40. The number of aromatic hydroxyl groups is 1. The number of hydrogen-bond donors (Lipinski definition) is 4. The lowest BCUT2D eigenvalue weighted by molar-refractivity contribution is -0.386. The number of nitro benzene ring substituents is 1. The van der Waals surface area contributed by atoms with Gasteiger partial charge in [-0.15, -0.1) is 0 Å². The largest absolute Gasteiger partial charge is 0.502 e. The van der Waals surface area contributed by atoms with Crippen LogP contribution in [0.1, 0.15) is 17.2 Å². The van der Waals surface area contributed by atoms with E-state index in [4.69, 9.17) is 11.0 Å². The number of nitriles is 1.